The zero-order valence-corrected chi connectivity index (χ0v) is 14.2. The maximum atomic E-state index is 13.4. The van der Waals surface area contributed by atoms with Gasteiger partial charge in [-0.2, -0.15) is 0 Å². The minimum atomic E-state index is -0.247. The second-order valence-corrected chi connectivity index (χ2v) is 6.54. The molecule has 0 unspecified atom stereocenters. The molecule has 0 saturated carbocycles. The van der Waals surface area contributed by atoms with Crippen LogP contribution in [0.3, 0.4) is 0 Å². The van der Waals surface area contributed by atoms with Crippen molar-refractivity contribution in [2.24, 2.45) is 0 Å². The van der Waals surface area contributed by atoms with Crippen molar-refractivity contribution in [3.63, 3.8) is 0 Å². The Labute approximate surface area is 147 Å². The number of halogens is 1. The Morgan fingerprint density at radius 1 is 1.00 bits per heavy atom. The molecule has 2 nitrogen and oxygen atoms in total. The monoisotopic (exact) mass is 330 g/mol. The fourth-order valence-electron chi connectivity index (χ4n) is 3.23. The minimum Gasteiger partial charge on any atom is -0.334 e. The molecular formula is C22H19FN2. The largest absolute Gasteiger partial charge is 0.334 e. The molecule has 0 radical (unpaired) electrons. The van der Waals surface area contributed by atoms with Crippen molar-refractivity contribution in [1.29, 1.82) is 0 Å². The van der Waals surface area contributed by atoms with Crippen LogP contribution in [0.2, 0.25) is 0 Å². The van der Waals surface area contributed by atoms with Crippen molar-refractivity contribution in [3.05, 3.63) is 77.0 Å². The lowest BCUT2D eigenvalue weighted by atomic mass is 10.1. The van der Waals surface area contributed by atoms with Gasteiger partial charge in [-0.3, -0.25) is 0 Å². The first kappa shape index (κ1) is 15.7. The Morgan fingerprint density at radius 2 is 1.80 bits per heavy atom. The van der Waals surface area contributed by atoms with Crippen LogP contribution in [0.15, 0.2) is 48.7 Å². The topological polar surface area (TPSA) is 17.8 Å². The zero-order chi connectivity index (χ0) is 17.2. The number of hydrogen-bond acceptors (Lipinski definition) is 1. The molecule has 1 aliphatic rings. The van der Waals surface area contributed by atoms with Crippen LogP contribution >= 0.6 is 0 Å². The molecule has 0 N–H and O–H groups in total. The summed E-state index contributed by atoms with van der Waals surface area (Å²) in [6.45, 7) is 2.94. The number of rotatable bonds is 1. The lowest BCUT2D eigenvalue weighted by Gasteiger charge is -2.11. The van der Waals surface area contributed by atoms with Crippen LogP contribution in [-0.2, 0) is 13.0 Å². The Hall–Kier alpha value is -2.86. The summed E-state index contributed by atoms with van der Waals surface area (Å²) in [7, 11) is 0. The van der Waals surface area contributed by atoms with Gasteiger partial charge < -0.3 is 4.57 Å². The molecular weight excluding hydrogens is 311 g/mol. The van der Waals surface area contributed by atoms with Crippen LogP contribution in [0.5, 0.6) is 0 Å². The fourth-order valence-corrected chi connectivity index (χ4v) is 3.23. The van der Waals surface area contributed by atoms with Gasteiger partial charge in [0.2, 0.25) is 0 Å². The van der Waals surface area contributed by atoms with Crippen LogP contribution in [0.1, 0.15) is 35.4 Å². The molecule has 0 aliphatic carbocycles. The van der Waals surface area contributed by atoms with E-state index in [9.17, 15) is 4.39 Å². The van der Waals surface area contributed by atoms with Gasteiger partial charge in [-0.25, -0.2) is 9.37 Å². The van der Waals surface area contributed by atoms with Crippen molar-refractivity contribution >= 4 is 0 Å². The highest BCUT2D eigenvalue weighted by Crippen LogP contribution is 2.22. The molecule has 1 aromatic heterocycles. The average Bonchev–Trinajstić information content (AvgIpc) is 3.04. The van der Waals surface area contributed by atoms with Gasteiger partial charge in [0, 0.05) is 35.9 Å². The number of imidazole rings is 1. The molecule has 2 heterocycles. The second-order valence-electron chi connectivity index (χ2n) is 6.54. The number of nitrogens with zero attached hydrogens (tertiary/aromatic N) is 2. The van der Waals surface area contributed by atoms with E-state index in [0.717, 1.165) is 35.3 Å². The molecule has 0 saturated heterocycles. The van der Waals surface area contributed by atoms with E-state index in [0.29, 0.717) is 5.56 Å². The Balaban J connectivity index is 1.56. The Bertz CT molecular complexity index is 928. The predicted octanol–water partition coefficient (Wildman–Crippen LogP) is 4.73. The maximum Gasteiger partial charge on any atom is 0.124 e. The van der Waals surface area contributed by atoms with Gasteiger partial charge in [-0.05, 0) is 55.7 Å². The first-order valence-corrected chi connectivity index (χ1v) is 8.63. The van der Waals surface area contributed by atoms with Gasteiger partial charge in [0.1, 0.15) is 11.6 Å². The quantitative estimate of drug-likeness (QED) is 0.590. The van der Waals surface area contributed by atoms with Gasteiger partial charge in [-0.1, -0.05) is 24.0 Å². The predicted molar refractivity (Wildman–Crippen MR) is 97.7 cm³/mol. The van der Waals surface area contributed by atoms with E-state index in [-0.39, 0.29) is 5.82 Å². The van der Waals surface area contributed by atoms with E-state index < -0.39 is 0 Å². The Kier molecular flexibility index (Phi) is 4.11. The summed E-state index contributed by atoms with van der Waals surface area (Å²) >= 11 is 0. The molecule has 3 aromatic rings. The SMILES string of the molecule is Cc1cc(F)cc(C#Cc2ccc(-c3cn4c(n3)CCCC4)cc2)c1. The van der Waals surface area contributed by atoms with Crippen LogP contribution in [0.25, 0.3) is 11.3 Å². The summed E-state index contributed by atoms with van der Waals surface area (Å²) in [6, 6.07) is 12.9. The van der Waals surface area contributed by atoms with E-state index in [1.165, 1.54) is 30.8 Å². The van der Waals surface area contributed by atoms with Crippen molar-refractivity contribution in [1.82, 2.24) is 9.55 Å². The smallest absolute Gasteiger partial charge is 0.124 e. The van der Waals surface area contributed by atoms with E-state index in [2.05, 4.69) is 34.7 Å². The zero-order valence-electron chi connectivity index (χ0n) is 14.2. The third-order valence-electron chi connectivity index (χ3n) is 4.48. The molecule has 2 aromatic carbocycles. The number of fused-ring (bicyclic) bond motifs is 1. The third-order valence-corrected chi connectivity index (χ3v) is 4.48. The molecule has 124 valence electrons. The molecule has 3 heteroatoms. The average molecular weight is 330 g/mol. The molecule has 0 fully saturated rings. The van der Waals surface area contributed by atoms with E-state index in [4.69, 9.17) is 4.98 Å². The number of aromatic nitrogens is 2. The molecule has 0 spiro atoms. The van der Waals surface area contributed by atoms with Crippen molar-refractivity contribution in [2.45, 2.75) is 32.7 Å². The second kappa shape index (κ2) is 6.57. The molecule has 0 amide bonds. The minimum absolute atomic E-state index is 0.247. The highest BCUT2D eigenvalue weighted by Gasteiger charge is 2.12. The van der Waals surface area contributed by atoms with E-state index in [1.807, 2.05) is 25.1 Å². The summed E-state index contributed by atoms with van der Waals surface area (Å²) in [6.07, 6.45) is 5.67. The van der Waals surface area contributed by atoms with Gasteiger partial charge in [0.25, 0.3) is 0 Å². The van der Waals surface area contributed by atoms with E-state index in [1.54, 1.807) is 0 Å². The van der Waals surface area contributed by atoms with Crippen LogP contribution < -0.4 is 0 Å². The number of hydrogen-bond donors (Lipinski definition) is 0. The van der Waals surface area contributed by atoms with Gasteiger partial charge in [0.05, 0.1) is 5.69 Å². The summed E-state index contributed by atoms with van der Waals surface area (Å²) < 4.78 is 15.7. The molecule has 0 bridgehead atoms. The number of aryl methyl sites for hydroxylation is 3. The maximum absolute atomic E-state index is 13.4. The first-order chi connectivity index (χ1) is 12.2. The first-order valence-electron chi connectivity index (χ1n) is 8.63. The third kappa shape index (κ3) is 3.49. The van der Waals surface area contributed by atoms with Crippen molar-refractivity contribution in [3.8, 4) is 23.1 Å². The van der Waals surface area contributed by atoms with Gasteiger partial charge >= 0.3 is 0 Å². The highest BCUT2D eigenvalue weighted by atomic mass is 19.1. The van der Waals surface area contributed by atoms with Crippen molar-refractivity contribution in [2.75, 3.05) is 0 Å². The van der Waals surface area contributed by atoms with E-state index >= 15 is 0 Å². The summed E-state index contributed by atoms with van der Waals surface area (Å²) in [5.74, 6) is 7.07. The molecule has 25 heavy (non-hydrogen) atoms. The molecule has 0 atom stereocenters. The number of benzene rings is 2. The fraction of sp³-hybridized carbons (Fsp3) is 0.227. The highest BCUT2D eigenvalue weighted by molar-refractivity contribution is 5.60. The van der Waals surface area contributed by atoms with Gasteiger partial charge in [0.15, 0.2) is 0 Å². The van der Waals surface area contributed by atoms with Crippen LogP contribution in [-0.4, -0.2) is 9.55 Å². The van der Waals surface area contributed by atoms with Crippen LogP contribution in [0.4, 0.5) is 4.39 Å². The molecule has 4 rings (SSSR count). The lowest BCUT2D eigenvalue weighted by molar-refractivity contribution is 0.522. The van der Waals surface area contributed by atoms with Crippen molar-refractivity contribution < 1.29 is 4.39 Å². The lowest BCUT2D eigenvalue weighted by Crippen LogP contribution is -2.08. The standard InChI is InChI=1S/C22H19FN2/c1-16-12-18(14-20(23)13-16)6-5-17-7-9-19(10-8-17)21-15-25-11-3-2-4-22(25)24-21/h7-10,12-15H,2-4,11H2,1H3. The summed E-state index contributed by atoms with van der Waals surface area (Å²) in [5, 5.41) is 0. The Morgan fingerprint density at radius 3 is 2.56 bits per heavy atom. The normalized spacial score (nSPS) is 13.0. The van der Waals surface area contributed by atoms with Crippen LogP contribution in [0, 0.1) is 24.6 Å². The summed E-state index contributed by atoms with van der Waals surface area (Å²) in [5.41, 5.74) is 4.62. The summed E-state index contributed by atoms with van der Waals surface area (Å²) in [4.78, 5) is 4.75. The molecule has 1 aliphatic heterocycles. The van der Waals surface area contributed by atoms with Gasteiger partial charge in [-0.15, -0.1) is 0 Å².